The number of hydrogen-bond donors (Lipinski definition) is 1. The van der Waals surface area contributed by atoms with Crippen LogP contribution in [0.2, 0.25) is 0 Å². The summed E-state index contributed by atoms with van der Waals surface area (Å²) < 4.78 is 0. The van der Waals surface area contributed by atoms with E-state index in [2.05, 4.69) is 6.07 Å². The quantitative estimate of drug-likeness (QED) is 0.921. The minimum absolute atomic E-state index is 0. The van der Waals surface area contributed by atoms with Crippen molar-refractivity contribution in [3.63, 3.8) is 0 Å². The number of halogens is 1. The van der Waals surface area contributed by atoms with Crippen LogP contribution >= 0.6 is 23.7 Å². The minimum Gasteiger partial charge on any atom is -0.334 e. The van der Waals surface area contributed by atoms with E-state index in [0.29, 0.717) is 19.6 Å². The molecule has 0 saturated heterocycles. The van der Waals surface area contributed by atoms with Gasteiger partial charge < -0.3 is 10.6 Å². The average molecular weight is 311 g/mol. The first-order valence-corrected chi connectivity index (χ1v) is 7.23. The van der Waals surface area contributed by atoms with E-state index in [4.69, 9.17) is 5.73 Å². The van der Waals surface area contributed by atoms with E-state index < -0.39 is 0 Å². The van der Waals surface area contributed by atoms with Gasteiger partial charge in [0.1, 0.15) is 0 Å². The van der Waals surface area contributed by atoms with E-state index in [1.165, 1.54) is 4.88 Å². The zero-order chi connectivity index (χ0) is 13.7. The molecule has 20 heavy (non-hydrogen) atoms. The molecule has 0 unspecified atom stereocenters. The third-order valence-corrected chi connectivity index (χ3v) is 3.89. The number of nitrogens with zero attached hydrogens (tertiary/aromatic N) is 1. The van der Waals surface area contributed by atoms with Gasteiger partial charge in [-0.05, 0) is 36.1 Å². The molecule has 1 heterocycles. The Morgan fingerprint density at radius 3 is 2.45 bits per heavy atom. The Balaban J connectivity index is 0.00000200. The van der Waals surface area contributed by atoms with Crippen LogP contribution < -0.4 is 5.73 Å². The molecular weight excluding hydrogens is 292 g/mol. The fraction of sp³-hybridized carbons (Fsp3) is 0.267. The predicted octanol–water partition coefficient (Wildman–Crippen LogP) is 3.29. The summed E-state index contributed by atoms with van der Waals surface area (Å²) in [5.74, 6) is 0.0690. The van der Waals surface area contributed by atoms with Gasteiger partial charge in [0, 0.05) is 23.5 Å². The highest BCUT2D eigenvalue weighted by molar-refractivity contribution is 7.09. The zero-order valence-corrected chi connectivity index (χ0v) is 13.0. The molecule has 0 aliphatic carbocycles. The number of carbonyl (C=O) groups is 1. The SMILES string of the molecule is CCN(Cc1cccs1)C(=O)c1ccc(CN)cc1.Cl. The second-order valence-electron chi connectivity index (χ2n) is 4.30. The van der Waals surface area contributed by atoms with Gasteiger partial charge in [0.15, 0.2) is 0 Å². The Bertz CT molecular complexity index is 525. The van der Waals surface area contributed by atoms with Gasteiger partial charge in [-0.15, -0.1) is 23.7 Å². The Labute approximate surface area is 129 Å². The van der Waals surface area contributed by atoms with Gasteiger partial charge in [0.2, 0.25) is 0 Å². The summed E-state index contributed by atoms with van der Waals surface area (Å²) in [7, 11) is 0. The molecule has 0 atom stereocenters. The summed E-state index contributed by atoms with van der Waals surface area (Å²) in [5.41, 5.74) is 7.32. The van der Waals surface area contributed by atoms with E-state index in [0.717, 1.165) is 11.1 Å². The van der Waals surface area contributed by atoms with Gasteiger partial charge in [-0.3, -0.25) is 4.79 Å². The Kier molecular flexibility index (Phi) is 6.71. The standard InChI is InChI=1S/C15H18N2OS.ClH/c1-2-17(11-14-4-3-9-19-14)15(18)13-7-5-12(10-16)6-8-13;/h3-9H,2,10-11,16H2,1H3;1H. The monoisotopic (exact) mass is 310 g/mol. The summed E-state index contributed by atoms with van der Waals surface area (Å²) >= 11 is 1.67. The molecule has 0 saturated carbocycles. The molecule has 2 aromatic rings. The van der Waals surface area contributed by atoms with Gasteiger partial charge in [-0.25, -0.2) is 0 Å². The lowest BCUT2D eigenvalue weighted by atomic mass is 10.1. The third-order valence-electron chi connectivity index (χ3n) is 3.03. The van der Waals surface area contributed by atoms with E-state index in [1.807, 2.05) is 47.5 Å². The summed E-state index contributed by atoms with van der Waals surface area (Å²) in [6.07, 6.45) is 0. The van der Waals surface area contributed by atoms with Crippen LogP contribution in [0.5, 0.6) is 0 Å². The van der Waals surface area contributed by atoms with Crippen LogP contribution in [0.3, 0.4) is 0 Å². The van der Waals surface area contributed by atoms with Gasteiger partial charge in [0.05, 0.1) is 6.54 Å². The molecule has 0 aliphatic heterocycles. The summed E-state index contributed by atoms with van der Waals surface area (Å²) in [5, 5.41) is 2.03. The zero-order valence-electron chi connectivity index (χ0n) is 11.4. The second kappa shape index (κ2) is 8.04. The van der Waals surface area contributed by atoms with Gasteiger partial charge >= 0.3 is 0 Å². The lowest BCUT2D eigenvalue weighted by molar-refractivity contribution is 0.0754. The first-order chi connectivity index (χ1) is 9.24. The highest BCUT2D eigenvalue weighted by Crippen LogP contribution is 2.14. The van der Waals surface area contributed by atoms with Crippen molar-refractivity contribution in [1.82, 2.24) is 4.90 Å². The minimum atomic E-state index is 0. The van der Waals surface area contributed by atoms with Gasteiger partial charge in [-0.2, -0.15) is 0 Å². The molecular formula is C15H19ClN2OS. The Morgan fingerprint density at radius 2 is 1.95 bits per heavy atom. The van der Waals surface area contributed by atoms with Crippen LogP contribution in [-0.4, -0.2) is 17.4 Å². The molecule has 0 aliphatic rings. The number of benzene rings is 1. The first-order valence-electron chi connectivity index (χ1n) is 6.35. The van der Waals surface area contributed by atoms with E-state index in [-0.39, 0.29) is 18.3 Å². The maximum atomic E-state index is 12.4. The van der Waals surface area contributed by atoms with Crippen LogP contribution in [-0.2, 0) is 13.1 Å². The van der Waals surface area contributed by atoms with Gasteiger partial charge in [0.25, 0.3) is 5.91 Å². The number of thiophene rings is 1. The van der Waals surface area contributed by atoms with Crippen molar-refractivity contribution < 1.29 is 4.79 Å². The number of rotatable bonds is 5. The van der Waals surface area contributed by atoms with Crippen molar-refractivity contribution in [1.29, 1.82) is 0 Å². The van der Waals surface area contributed by atoms with Crippen molar-refractivity contribution in [3.8, 4) is 0 Å². The second-order valence-corrected chi connectivity index (χ2v) is 5.33. The van der Waals surface area contributed by atoms with E-state index in [9.17, 15) is 4.79 Å². The molecule has 2 rings (SSSR count). The van der Waals surface area contributed by atoms with Crippen LogP contribution in [0, 0.1) is 0 Å². The smallest absolute Gasteiger partial charge is 0.254 e. The van der Waals surface area contributed by atoms with Gasteiger partial charge in [-0.1, -0.05) is 18.2 Å². The van der Waals surface area contributed by atoms with Crippen molar-refractivity contribution in [2.45, 2.75) is 20.0 Å². The maximum absolute atomic E-state index is 12.4. The highest BCUT2D eigenvalue weighted by Gasteiger charge is 2.14. The van der Waals surface area contributed by atoms with Crippen molar-refractivity contribution >= 4 is 29.7 Å². The Hall–Kier alpha value is -1.36. The molecule has 0 bridgehead atoms. The third kappa shape index (κ3) is 4.07. The summed E-state index contributed by atoms with van der Waals surface area (Å²) in [6.45, 7) is 3.88. The van der Waals surface area contributed by atoms with E-state index >= 15 is 0 Å². The van der Waals surface area contributed by atoms with E-state index in [1.54, 1.807) is 11.3 Å². The number of carbonyl (C=O) groups excluding carboxylic acids is 1. The van der Waals surface area contributed by atoms with Crippen LogP contribution in [0.15, 0.2) is 41.8 Å². The fourth-order valence-electron chi connectivity index (χ4n) is 1.88. The molecule has 0 spiro atoms. The van der Waals surface area contributed by atoms with Crippen LogP contribution in [0.1, 0.15) is 27.7 Å². The average Bonchev–Trinajstić information content (AvgIpc) is 2.97. The maximum Gasteiger partial charge on any atom is 0.254 e. The fourth-order valence-corrected chi connectivity index (χ4v) is 2.60. The molecule has 1 aromatic carbocycles. The van der Waals surface area contributed by atoms with Crippen LogP contribution in [0.4, 0.5) is 0 Å². The lowest BCUT2D eigenvalue weighted by Crippen LogP contribution is -2.29. The molecule has 2 N–H and O–H groups in total. The molecule has 108 valence electrons. The molecule has 1 amide bonds. The summed E-state index contributed by atoms with van der Waals surface area (Å²) in [6, 6.07) is 11.6. The highest BCUT2D eigenvalue weighted by atomic mass is 35.5. The largest absolute Gasteiger partial charge is 0.334 e. The lowest BCUT2D eigenvalue weighted by Gasteiger charge is -2.20. The number of nitrogens with two attached hydrogens (primary N) is 1. The first kappa shape index (κ1) is 16.7. The molecule has 0 fully saturated rings. The van der Waals surface area contributed by atoms with Crippen molar-refractivity contribution in [2.75, 3.05) is 6.54 Å². The van der Waals surface area contributed by atoms with Crippen LogP contribution in [0.25, 0.3) is 0 Å². The molecule has 0 radical (unpaired) electrons. The molecule has 1 aromatic heterocycles. The molecule has 3 nitrogen and oxygen atoms in total. The molecule has 5 heteroatoms. The normalized spacial score (nSPS) is 9.90. The number of hydrogen-bond acceptors (Lipinski definition) is 3. The van der Waals surface area contributed by atoms with Crippen molar-refractivity contribution in [3.05, 3.63) is 57.8 Å². The summed E-state index contributed by atoms with van der Waals surface area (Å²) in [4.78, 5) is 15.5. The predicted molar refractivity (Wildman–Crippen MR) is 86.3 cm³/mol. The Morgan fingerprint density at radius 1 is 1.25 bits per heavy atom. The van der Waals surface area contributed by atoms with Crippen molar-refractivity contribution in [2.24, 2.45) is 5.73 Å². The number of amides is 1. The topological polar surface area (TPSA) is 46.3 Å².